The molecule has 1 saturated heterocycles. The van der Waals surface area contributed by atoms with E-state index in [-0.39, 0.29) is 6.03 Å². The smallest absolute Gasteiger partial charge is 0.332 e. The van der Waals surface area contributed by atoms with Crippen molar-refractivity contribution in [1.29, 1.82) is 0 Å². The van der Waals surface area contributed by atoms with Crippen LogP contribution >= 0.6 is 0 Å². The fourth-order valence-electron chi connectivity index (χ4n) is 2.17. The lowest BCUT2D eigenvalue weighted by Gasteiger charge is -2.34. The second-order valence-electron chi connectivity index (χ2n) is 4.26. The molecule has 6 nitrogen and oxygen atoms in total. The van der Waals surface area contributed by atoms with E-state index in [2.05, 4.69) is 5.43 Å². The minimum atomic E-state index is -1.03. The summed E-state index contributed by atoms with van der Waals surface area (Å²) in [4.78, 5) is 24.6. The average Bonchev–Trinajstić information content (AvgIpc) is 2.60. The Labute approximate surface area is 95.2 Å². The number of likely N-dealkylation sites (tertiary alicyclic amines) is 1. The van der Waals surface area contributed by atoms with Gasteiger partial charge in [0.1, 0.15) is 5.54 Å². The molecular formula is C10H19N3O3. The molecule has 1 atom stereocenters. The number of nitrogens with zero attached hydrogens (tertiary/aromatic N) is 2. The number of rotatable bonds is 3. The predicted octanol–water partition coefficient (Wildman–Crippen LogP) is 0.502. The van der Waals surface area contributed by atoms with E-state index in [1.54, 1.807) is 21.0 Å². The molecule has 1 unspecified atom stereocenters. The summed E-state index contributed by atoms with van der Waals surface area (Å²) in [6.07, 6.45) is 1.70. The SMILES string of the molecule is CCC1(C(=O)O)CCCN1C(=O)NN(C)C. The Morgan fingerprint density at radius 2 is 2.12 bits per heavy atom. The van der Waals surface area contributed by atoms with Gasteiger partial charge < -0.3 is 10.0 Å². The van der Waals surface area contributed by atoms with E-state index in [9.17, 15) is 14.7 Å². The highest BCUT2D eigenvalue weighted by Gasteiger charge is 2.48. The number of carboxylic acids is 1. The molecule has 1 aliphatic rings. The summed E-state index contributed by atoms with van der Waals surface area (Å²) >= 11 is 0. The number of nitrogens with one attached hydrogen (secondary N) is 1. The minimum Gasteiger partial charge on any atom is -0.479 e. The number of urea groups is 1. The van der Waals surface area contributed by atoms with Crippen LogP contribution in [0.25, 0.3) is 0 Å². The number of carbonyl (C=O) groups excluding carboxylic acids is 1. The first kappa shape index (κ1) is 12.8. The summed E-state index contributed by atoms with van der Waals surface area (Å²) in [5.41, 5.74) is 1.56. The predicted molar refractivity (Wildman–Crippen MR) is 58.8 cm³/mol. The highest BCUT2D eigenvalue weighted by atomic mass is 16.4. The zero-order valence-electron chi connectivity index (χ0n) is 9.99. The van der Waals surface area contributed by atoms with Crippen molar-refractivity contribution >= 4 is 12.0 Å². The Kier molecular flexibility index (Phi) is 3.74. The molecule has 1 rings (SSSR count). The molecule has 2 N–H and O–H groups in total. The van der Waals surface area contributed by atoms with Crippen molar-refractivity contribution in [3.05, 3.63) is 0 Å². The summed E-state index contributed by atoms with van der Waals surface area (Å²) in [6, 6.07) is -0.341. The maximum atomic E-state index is 11.8. The quantitative estimate of drug-likeness (QED) is 0.691. The third-order valence-electron chi connectivity index (χ3n) is 3.04. The van der Waals surface area contributed by atoms with E-state index in [0.29, 0.717) is 19.4 Å². The standard InChI is InChI=1S/C10H19N3O3/c1-4-10(8(14)15)6-5-7-13(10)9(16)11-12(2)3/h4-7H2,1-3H3,(H,11,16)(H,14,15). The highest BCUT2D eigenvalue weighted by molar-refractivity contribution is 5.86. The fraction of sp³-hybridized carbons (Fsp3) is 0.800. The lowest BCUT2D eigenvalue weighted by Crippen LogP contribution is -2.57. The molecule has 16 heavy (non-hydrogen) atoms. The van der Waals surface area contributed by atoms with Gasteiger partial charge >= 0.3 is 12.0 Å². The van der Waals surface area contributed by atoms with Gasteiger partial charge in [0, 0.05) is 20.6 Å². The fourth-order valence-corrected chi connectivity index (χ4v) is 2.17. The summed E-state index contributed by atoms with van der Waals surface area (Å²) in [6.45, 7) is 2.30. The second-order valence-corrected chi connectivity index (χ2v) is 4.26. The van der Waals surface area contributed by atoms with Crippen molar-refractivity contribution in [3.63, 3.8) is 0 Å². The first-order valence-electron chi connectivity index (χ1n) is 5.43. The van der Waals surface area contributed by atoms with E-state index >= 15 is 0 Å². The molecule has 0 spiro atoms. The van der Waals surface area contributed by atoms with Crippen LogP contribution in [0.3, 0.4) is 0 Å². The van der Waals surface area contributed by atoms with Gasteiger partial charge in [-0.1, -0.05) is 6.92 Å². The Bertz CT molecular complexity index is 293. The molecule has 0 aromatic rings. The van der Waals surface area contributed by atoms with Crippen molar-refractivity contribution in [1.82, 2.24) is 15.3 Å². The van der Waals surface area contributed by atoms with Crippen molar-refractivity contribution in [3.8, 4) is 0 Å². The molecule has 2 amide bonds. The molecule has 0 aromatic heterocycles. The van der Waals surface area contributed by atoms with E-state index in [1.165, 1.54) is 9.91 Å². The molecule has 0 aliphatic carbocycles. The molecule has 0 radical (unpaired) electrons. The monoisotopic (exact) mass is 229 g/mol. The Morgan fingerprint density at radius 3 is 2.56 bits per heavy atom. The molecule has 1 aliphatic heterocycles. The summed E-state index contributed by atoms with van der Waals surface area (Å²) in [7, 11) is 3.39. The Balaban J connectivity index is 2.86. The molecular weight excluding hydrogens is 210 g/mol. The molecule has 0 saturated carbocycles. The normalized spacial score (nSPS) is 24.9. The van der Waals surface area contributed by atoms with Crippen LogP contribution in [0.15, 0.2) is 0 Å². The van der Waals surface area contributed by atoms with Gasteiger partial charge in [0.25, 0.3) is 0 Å². The summed E-state index contributed by atoms with van der Waals surface area (Å²) in [5.74, 6) is -0.915. The highest BCUT2D eigenvalue weighted by Crippen LogP contribution is 2.32. The Hall–Kier alpha value is -1.30. The average molecular weight is 229 g/mol. The van der Waals surface area contributed by atoms with Crippen LogP contribution in [-0.4, -0.2) is 53.2 Å². The van der Waals surface area contributed by atoms with Gasteiger partial charge in [-0.3, -0.25) is 5.43 Å². The second kappa shape index (κ2) is 4.69. The van der Waals surface area contributed by atoms with Crippen molar-refractivity contribution in [2.45, 2.75) is 31.7 Å². The third kappa shape index (κ3) is 2.11. The number of amides is 2. The largest absolute Gasteiger partial charge is 0.479 e. The van der Waals surface area contributed by atoms with Gasteiger partial charge in [-0.15, -0.1) is 0 Å². The number of aliphatic carboxylic acids is 1. The van der Waals surface area contributed by atoms with Crippen molar-refractivity contribution in [2.75, 3.05) is 20.6 Å². The topological polar surface area (TPSA) is 72.9 Å². The maximum absolute atomic E-state index is 11.8. The molecule has 6 heteroatoms. The lowest BCUT2D eigenvalue weighted by molar-refractivity contribution is -0.148. The number of carboxylic acid groups (broad SMARTS) is 1. The van der Waals surface area contributed by atoms with Crippen LogP contribution < -0.4 is 5.43 Å². The maximum Gasteiger partial charge on any atom is 0.332 e. The number of hydrogen-bond donors (Lipinski definition) is 2. The molecule has 92 valence electrons. The number of carbonyl (C=O) groups is 2. The molecule has 1 heterocycles. The van der Waals surface area contributed by atoms with Gasteiger partial charge in [0.2, 0.25) is 0 Å². The van der Waals surface area contributed by atoms with E-state index in [1.807, 2.05) is 0 Å². The van der Waals surface area contributed by atoms with E-state index in [0.717, 1.165) is 6.42 Å². The summed E-state index contributed by atoms with van der Waals surface area (Å²) in [5, 5.41) is 10.8. The molecule has 1 fully saturated rings. The van der Waals surface area contributed by atoms with Gasteiger partial charge in [-0.25, -0.2) is 14.6 Å². The Morgan fingerprint density at radius 1 is 1.50 bits per heavy atom. The number of hydrazine groups is 1. The summed E-state index contributed by atoms with van der Waals surface area (Å²) < 4.78 is 0. The minimum absolute atomic E-state index is 0.341. The number of hydrogen-bond acceptors (Lipinski definition) is 3. The molecule has 0 aromatic carbocycles. The van der Waals surface area contributed by atoms with Gasteiger partial charge in [-0.05, 0) is 19.3 Å². The lowest BCUT2D eigenvalue weighted by atomic mass is 9.93. The van der Waals surface area contributed by atoms with Crippen LogP contribution in [0.5, 0.6) is 0 Å². The van der Waals surface area contributed by atoms with Crippen molar-refractivity contribution in [2.24, 2.45) is 0 Å². The first-order chi connectivity index (χ1) is 7.44. The van der Waals surface area contributed by atoms with E-state index < -0.39 is 11.5 Å². The van der Waals surface area contributed by atoms with Crippen LogP contribution in [-0.2, 0) is 4.79 Å². The van der Waals surface area contributed by atoms with E-state index in [4.69, 9.17) is 0 Å². The van der Waals surface area contributed by atoms with Gasteiger partial charge in [0.15, 0.2) is 0 Å². The van der Waals surface area contributed by atoms with Crippen LogP contribution in [0, 0.1) is 0 Å². The van der Waals surface area contributed by atoms with Crippen molar-refractivity contribution < 1.29 is 14.7 Å². The first-order valence-corrected chi connectivity index (χ1v) is 5.43. The van der Waals surface area contributed by atoms with Gasteiger partial charge in [-0.2, -0.15) is 0 Å². The van der Waals surface area contributed by atoms with Crippen LogP contribution in [0.4, 0.5) is 4.79 Å². The van der Waals surface area contributed by atoms with Crippen LogP contribution in [0.1, 0.15) is 26.2 Å². The third-order valence-corrected chi connectivity index (χ3v) is 3.04. The van der Waals surface area contributed by atoms with Gasteiger partial charge in [0.05, 0.1) is 0 Å². The van der Waals surface area contributed by atoms with Crippen LogP contribution in [0.2, 0.25) is 0 Å². The zero-order valence-corrected chi connectivity index (χ0v) is 9.99. The zero-order chi connectivity index (χ0) is 12.3. The molecule has 0 bridgehead atoms.